The van der Waals surface area contributed by atoms with Crippen LogP contribution < -0.4 is 0 Å². The van der Waals surface area contributed by atoms with E-state index in [4.69, 9.17) is 4.98 Å². The molecule has 1 saturated heterocycles. The Hall–Kier alpha value is -1.84. The molecule has 0 unspecified atom stereocenters. The first kappa shape index (κ1) is 18.9. The van der Waals surface area contributed by atoms with Crippen molar-refractivity contribution in [1.82, 2.24) is 28.1 Å². The lowest BCUT2D eigenvalue weighted by atomic mass is 10.0. The van der Waals surface area contributed by atoms with Gasteiger partial charge in [-0.3, -0.25) is 0 Å². The average Bonchev–Trinajstić information content (AvgIpc) is 2.93. The first-order valence-electron chi connectivity index (χ1n) is 8.75. The lowest BCUT2D eigenvalue weighted by Crippen LogP contribution is -2.45. The van der Waals surface area contributed by atoms with Crippen LogP contribution in [0.25, 0.3) is 11.4 Å². The highest BCUT2D eigenvalue weighted by Crippen LogP contribution is 2.33. The molecular formula is C17H26N6O2S. The van der Waals surface area contributed by atoms with Crippen LogP contribution in [0.4, 0.5) is 0 Å². The van der Waals surface area contributed by atoms with Gasteiger partial charge in [-0.25, -0.2) is 15.0 Å². The Morgan fingerprint density at radius 2 is 1.92 bits per heavy atom. The van der Waals surface area contributed by atoms with Crippen LogP contribution in [0.3, 0.4) is 0 Å². The van der Waals surface area contributed by atoms with Gasteiger partial charge in [-0.05, 0) is 32.8 Å². The molecule has 1 aliphatic heterocycles. The van der Waals surface area contributed by atoms with Crippen LogP contribution in [0.2, 0.25) is 0 Å². The fraction of sp³-hybridized carbons (Fsp3) is 0.588. The molecule has 26 heavy (non-hydrogen) atoms. The van der Waals surface area contributed by atoms with E-state index in [0.29, 0.717) is 12.4 Å². The predicted octanol–water partition coefficient (Wildman–Crippen LogP) is 1.83. The number of piperidine rings is 1. The number of aryl methyl sites for hydroxylation is 2. The summed E-state index contributed by atoms with van der Waals surface area (Å²) in [5, 5.41) is 0. The first-order valence-corrected chi connectivity index (χ1v) is 10.1. The molecule has 1 atom stereocenters. The molecule has 3 heterocycles. The Bertz CT molecular complexity index is 906. The zero-order valence-electron chi connectivity index (χ0n) is 16.0. The van der Waals surface area contributed by atoms with E-state index in [1.54, 1.807) is 20.3 Å². The van der Waals surface area contributed by atoms with Crippen molar-refractivity contribution in [2.24, 2.45) is 7.05 Å². The van der Waals surface area contributed by atoms with Crippen LogP contribution >= 0.6 is 0 Å². The molecule has 0 aromatic carbocycles. The third-order valence-electron chi connectivity index (χ3n) is 4.86. The topological polar surface area (TPSA) is 84.2 Å². The fourth-order valence-electron chi connectivity index (χ4n) is 3.26. The quantitative estimate of drug-likeness (QED) is 0.810. The van der Waals surface area contributed by atoms with Gasteiger partial charge in [0.05, 0.1) is 23.6 Å². The van der Waals surface area contributed by atoms with Crippen LogP contribution in [0.15, 0.2) is 12.3 Å². The molecule has 8 nitrogen and oxygen atoms in total. The van der Waals surface area contributed by atoms with E-state index in [-0.39, 0.29) is 6.04 Å². The lowest BCUT2D eigenvalue weighted by molar-refractivity contribution is 0.234. The minimum absolute atomic E-state index is 0.343. The molecular weight excluding hydrogens is 352 g/mol. The van der Waals surface area contributed by atoms with Crippen LogP contribution in [0, 0.1) is 13.8 Å². The fourth-order valence-corrected chi connectivity index (χ4v) is 4.56. The normalized spacial score (nSPS) is 19.2. The van der Waals surface area contributed by atoms with Gasteiger partial charge in [0.15, 0.2) is 0 Å². The van der Waals surface area contributed by atoms with Crippen molar-refractivity contribution < 1.29 is 8.42 Å². The van der Waals surface area contributed by atoms with E-state index in [9.17, 15) is 8.42 Å². The summed E-state index contributed by atoms with van der Waals surface area (Å²) in [4.78, 5) is 13.6. The highest BCUT2D eigenvalue weighted by atomic mass is 32.2. The molecule has 2 aromatic heterocycles. The summed E-state index contributed by atoms with van der Waals surface area (Å²) < 4.78 is 30.3. The van der Waals surface area contributed by atoms with E-state index >= 15 is 0 Å². The molecule has 0 N–H and O–H groups in total. The molecule has 3 rings (SSSR count). The second-order valence-electron chi connectivity index (χ2n) is 6.91. The Labute approximate surface area is 155 Å². The number of hydrogen-bond acceptors (Lipinski definition) is 5. The minimum Gasteiger partial charge on any atom is -0.330 e. The zero-order chi connectivity index (χ0) is 19.1. The molecule has 142 valence electrons. The molecule has 0 bridgehead atoms. The lowest BCUT2D eigenvalue weighted by Gasteiger charge is -2.35. The highest BCUT2D eigenvalue weighted by Gasteiger charge is 2.36. The summed E-state index contributed by atoms with van der Waals surface area (Å²) >= 11 is 0. The van der Waals surface area contributed by atoms with E-state index in [1.807, 2.05) is 31.5 Å². The number of imidazole rings is 1. The maximum atomic E-state index is 12.7. The molecule has 9 heteroatoms. The summed E-state index contributed by atoms with van der Waals surface area (Å²) in [6.07, 6.45) is 4.32. The van der Waals surface area contributed by atoms with Gasteiger partial charge in [-0.1, -0.05) is 6.42 Å². The summed E-state index contributed by atoms with van der Waals surface area (Å²) in [5.41, 5.74) is 2.48. The first-order chi connectivity index (χ1) is 12.2. The smallest absolute Gasteiger partial charge is 0.282 e. The van der Waals surface area contributed by atoms with Crippen molar-refractivity contribution in [1.29, 1.82) is 0 Å². The number of rotatable bonds is 4. The van der Waals surface area contributed by atoms with E-state index in [2.05, 4.69) is 9.97 Å². The molecule has 0 spiro atoms. The Morgan fingerprint density at radius 3 is 2.54 bits per heavy atom. The van der Waals surface area contributed by atoms with Gasteiger partial charge in [0.1, 0.15) is 11.6 Å². The summed E-state index contributed by atoms with van der Waals surface area (Å²) in [6.45, 7) is 4.33. The van der Waals surface area contributed by atoms with Crippen LogP contribution in [-0.2, 0) is 17.3 Å². The van der Waals surface area contributed by atoms with Crippen molar-refractivity contribution in [3.63, 3.8) is 0 Å². The second-order valence-corrected chi connectivity index (χ2v) is 9.01. The van der Waals surface area contributed by atoms with Crippen LogP contribution in [-0.4, -0.2) is 57.2 Å². The average molecular weight is 379 g/mol. The minimum atomic E-state index is -3.52. The Kier molecular flexibility index (Phi) is 5.14. The van der Waals surface area contributed by atoms with Gasteiger partial charge in [-0.15, -0.1) is 0 Å². The number of nitrogens with zero attached hydrogens (tertiary/aromatic N) is 6. The summed E-state index contributed by atoms with van der Waals surface area (Å²) in [6, 6.07) is 1.57. The SMILES string of the molecule is Cc1cc(-c2cnc(C)n2C)nc([C@@H]2CCCCN2S(=O)(=O)N(C)C)n1. The molecule has 1 fully saturated rings. The van der Waals surface area contributed by atoms with Crippen molar-refractivity contribution in [3.05, 3.63) is 29.6 Å². The zero-order valence-corrected chi connectivity index (χ0v) is 16.8. The van der Waals surface area contributed by atoms with E-state index < -0.39 is 10.2 Å². The molecule has 1 aliphatic rings. The summed E-state index contributed by atoms with van der Waals surface area (Å²) in [5.74, 6) is 1.45. The largest absolute Gasteiger partial charge is 0.330 e. The van der Waals surface area contributed by atoms with Crippen molar-refractivity contribution >= 4 is 10.2 Å². The number of hydrogen-bond donors (Lipinski definition) is 0. The predicted molar refractivity (Wildman–Crippen MR) is 99.6 cm³/mol. The Balaban J connectivity index is 2.06. The van der Waals surface area contributed by atoms with Gasteiger partial charge < -0.3 is 4.57 Å². The molecule has 0 amide bonds. The maximum absolute atomic E-state index is 12.7. The molecule has 0 aliphatic carbocycles. The van der Waals surface area contributed by atoms with E-state index in [0.717, 1.165) is 42.2 Å². The highest BCUT2D eigenvalue weighted by molar-refractivity contribution is 7.86. The standard InChI is InChI=1S/C17H26N6O2S/c1-12-10-14(16-11-18-13(2)22(16)5)20-17(19-12)15-8-6-7-9-23(15)26(24,25)21(3)4/h10-11,15H,6-9H2,1-5H3/t15-/m0/s1. The summed E-state index contributed by atoms with van der Waals surface area (Å²) in [7, 11) is 1.54. The third-order valence-corrected chi connectivity index (χ3v) is 6.82. The van der Waals surface area contributed by atoms with Gasteiger partial charge in [-0.2, -0.15) is 17.0 Å². The molecule has 0 saturated carbocycles. The monoisotopic (exact) mass is 378 g/mol. The molecule has 2 aromatic rings. The van der Waals surface area contributed by atoms with Gasteiger partial charge in [0, 0.05) is 33.4 Å². The third kappa shape index (κ3) is 3.38. The maximum Gasteiger partial charge on any atom is 0.282 e. The second kappa shape index (κ2) is 7.05. The van der Waals surface area contributed by atoms with Gasteiger partial charge in [0.2, 0.25) is 0 Å². The molecule has 0 radical (unpaired) electrons. The van der Waals surface area contributed by atoms with Crippen LogP contribution in [0.1, 0.15) is 42.6 Å². The Morgan fingerprint density at radius 1 is 1.19 bits per heavy atom. The van der Waals surface area contributed by atoms with Crippen molar-refractivity contribution in [3.8, 4) is 11.4 Å². The van der Waals surface area contributed by atoms with Gasteiger partial charge in [0.25, 0.3) is 10.2 Å². The number of aromatic nitrogens is 4. The van der Waals surface area contributed by atoms with Gasteiger partial charge >= 0.3 is 0 Å². The van der Waals surface area contributed by atoms with Crippen molar-refractivity contribution in [2.45, 2.75) is 39.2 Å². The van der Waals surface area contributed by atoms with E-state index in [1.165, 1.54) is 8.61 Å². The van der Waals surface area contributed by atoms with Crippen LogP contribution in [0.5, 0.6) is 0 Å². The van der Waals surface area contributed by atoms with Crippen molar-refractivity contribution in [2.75, 3.05) is 20.6 Å².